The molecule has 1 heterocycles. The summed E-state index contributed by atoms with van der Waals surface area (Å²) in [6.07, 6.45) is 2.59. The van der Waals surface area contributed by atoms with E-state index in [9.17, 15) is 9.18 Å². The Bertz CT molecular complexity index is 730. The summed E-state index contributed by atoms with van der Waals surface area (Å²) in [5.74, 6) is 1.02. The van der Waals surface area contributed by atoms with Gasteiger partial charge in [-0.25, -0.2) is 4.39 Å². The van der Waals surface area contributed by atoms with Crippen molar-refractivity contribution in [2.24, 2.45) is 5.92 Å². The van der Waals surface area contributed by atoms with Crippen LogP contribution in [0.1, 0.15) is 56.8 Å². The molecule has 1 saturated carbocycles. The molecule has 3 rings (SSSR count). The normalized spacial score (nSPS) is 15.8. The van der Waals surface area contributed by atoms with Crippen LogP contribution >= 0.6 is 0 Å². The number of halogens is 1. The Labute approximate surface area is 147 Å². The molecule has 1 amide bonds. The number of nitrogens with one attached hydrogen (secondary N) is 1. The van der Waals surface area contributed by atoms with Crippen molar-refractivity contribution < 1.29 is 13.7 Å². The Morgan fingerprint density at radius 1 is 1.32 bits per heavy atom. The van der Waals surface area contributed by atoms with Crippen LogP contribution in [0.5, 0.6) is 0 Å². The van der Waals surface area contributed by atoms with Crippen LogP contribution in [0.3, 0.4) is 0 Å². The van der Waals surface area contributed by atoms with Gasteiger partial charge in [0.1, 0.15) is 5.82 Å². The number of rotatable bonds is 6. The Morgan fingerprint density at radius 3 is 2.56 bits per heavy atom. The van der Waals surface area contributed by atoms with Crippen LogP contribution in [0.25, 0.3) is 0 Å². The van der Waals surface area contributed by atoms with Gasteiger partial charge >= 0.3 is 0 Å². The molecule has 25 heavy (non-hydrogen) atoms. The highest BCUT2D eigenvalue weighted by molar-refractivity contribution is 5.84. The minimum atomic E-state index is -0.287. The Kier molecular flexibility index (Phi) is 4.88. The van der Waals surface area contributed by atoms with Gasteiger partial charge in [-0.2, -0.15) is 4.98 Å². The van der Waals surface area contributed by atoms with Crippen LogP contribution in [0.4, 0.5) is 4.39 Å². The lowest BCUT2D eigenvalue weighted by Crippen LogP contribution is -2.32. The molecule has 0 saturated heterocycles. The molecule has 6 heteroatoms. The quantitative estimate of drug-likeness (QED) is 0.872. The first-order valence-corrected chi connectivity index (χ1v) is 8.71. The standard InChI is InChI=1S/C19H24FN3O2/c1-19(2,3)18-22-15(23-25-18)10-11-21-17(24)16(12-4-5-12)13-6-8-14(20)9-7-13/h6-9,12,16H,4-5,10-11H2,1-3H3,(H,21,24). The number of carbonyl (C=O) groups is 1. The monoisotopic (exact) mass is 345 g/mol. The first-order chi connectivity index (χ1) is 11.8. The molecule has 1 unspecified atom stereocenters. The molecule has 1 aromatic carbocycles. The number of nitrogens with zero attached hydrogens (tertiary/aromatic N) is 2. The molecule has 1 aliphatic carbocycles. The number of hydrogen-bond donors (Lipinski definition) is 1. The van der Waals surface area contributed by atoms with Crippen LogP contribution in [0.2, 0.25) is 0 Å². The second-order valence-electron chi connectivity index (χ2n) is 7.67. The predicted molar refractivity (Wildman–Crippen MR) is 91.6 cm³/mol. The van der Waals surface area contributed by atoms with Crippen molar-refractivity contribution in [1.29, 1.82) is 0 Å². The molecule has 0 radical (unpaired) electrons. The van der Waals surface area contributed by atoms with Crippen molar-refractivity contribution in [2.45, 2.75) is 51.4 Å². The highest BCUT2D eigenvalue weighted by atomic mass is 19.1. The number of benzene rings is 1. The van der Waals surface area contributed by atoms with E-state index in [1.165, 1.54) is 12.1 Å². The maximum absolute atomic E-state index is 13.1. The lowest BCUT2D eigenvalue weighted by molar-refractivity contribution is -0.123. The van der Waals surface area contributed by atoms with E-state index in [-0.39, 0.29) is 23.1 Å². The molecule has 1 fully saturated rings. The number of carbonyl (C=O) groups excluding carboxylic acids is 1. The molecule has 1 aliphatic rings. The van der Waals surface area contributed by atoms with Gasteiger partial charge in [0.25, 0.3) is 0 Å². The predicted octanol–water partition coefficient (Wildman–Crippen LogP) is 3.36. The van der Waals surface area contributed by atoms with Gasteiger partial charge in [-0.15, -0.1) is 0 Å². The Balaban J connectivity index is 1.57. The number of amides is 1. The third-order valence-corrected chi connectivity index (χ3v) is 4.36. The van der Waals surface area contributed by atoms with E-state index in [1.807, 2.05) is 20.8 Å². The Hall–Kier alpha value is -2.24. The molecule has 1 atom stereocenters. The summed E-state index contributed by atoms with van der Waals surface area (Å²) in [5, 5.41) is 6.92. The highest BCUT2D eigenvalue weighted by Crippen LogP contribution is 2.42. The van der Waals surface area contributed by atoms with E-state index in [1.54, 1.807) is 12.1 Å². The zero-order valence-corrected chi connectivity index (χ0v) is 14.9. The van der Waals surface area contributed by atoms with Crippen LogP contribution < -0.4 is 5.32 Å². The first-order valence-electron chi connectivity index (χ1n) is 8.71. The average Bonchev–Trinajstić information content (AvgIpc) is 3.25. The van der Waals surface area contributed by atoms with Gasteiger partial charge in [0.15, 0.2) is 5.82 Å². The molecule has 2 aromatic rings. The molecule has 0 spiro atoms. The lowest BCUT2D eigenvalue weighted by Gasteiger charge is -2.16. The van der Waals surface area contributed by atoms with Crippen molar-refractivity contribution in [2.75, 3.05) is 6.54 Å². The molecule has 1 aromatic heterocycles. The van der Waals surface area contributed by atoms with Crippen LogP contribution in [-0.2, 0) is 16.6 Å². The van der Waals surface area contributed by atoms with Gasteiger partial charge in [-0.05, 0) is 36.5 Å². The van der Waals surface area contributed by atoms with Gasteiger partial charge < -0.3 is 9.84 Å². The second-order valence-corrected chi connectivity index (χ2v) is 7.67. The number of aromatic nitrogens is 2. The third-order valence-electron chi connectivity index (χ3n) is 4.36. The number of hydrogen-bond acceptors (Lipinski definition) is 4. The second kappa shape index (κ2) is 6.94. The first kappa shape index (κ1) is 17.6. The largest absolute Gasteiger partial charge is 0.355 e. The fourth-order valence-corrected chi connectivity index (χ4v) is 2.80. The molecule has 1 N–H and O–H groups in total. The lowest BCUT2D eigenvalue weighted by atomic mass is 9.93. The summed E-state index contributed by atoms with van der Waals surface area (Å²) in [4.78, 5) is 17.0. The van der Waals surface area contributed by atoms with Gasteiger partial charge in [0, 0.05) is 18.4 Å². The minimum absolute atomic E-state index is 0.0198. The topological polar surface area (TPSA) is 68.0 Å². The zero-order chi connectivity index (χ0) is 18.0. The summed E-state index contributed by atoms with van der Waals surface area (Å²) < 4.78 is 18.4. The summed E-state index contributed by atoms with van der Waals surface area (Å²) in [6.45, 7) is 6.48. The molecule has 0 bridgehead atoms. The van der Waals surface area contributed by atoms with Gasteiger partial charge in [0.2, 0.25) is 11.8 Å². The molecule has 134 valence electrons. The van der Waals surface area contributed by atoms with E-state index >= 15 is 0 Å². The van der Waals surface area contributed by atoms with E-state index < -0.39 is 0 Å². The average molecular weight is 345 g/mol. The maximum Gasteiger partial charge on any atom is 0.232 e. The van der Waals surface area contributed by atoms with E-state index in [2.05, 4.69) is 15.5 Å². The third kappa shape index (κ3) is 4.44. The van der Waals surface area contributed by atoms with E-state index in [0.29, 0.717) is 30.6 Å². The van der Waals surface area contributed by atoms with Crippen LogP contribution in [0, 0.1) is 11.7 Å². The van der Waals surface area contributed by atoms with Crippen molar-refractivity contribution in [3.63, 3.8) is 0 Å². The zero-order valence-electron chi connectivity index (χ0n) is 14.9. The van der Waals surface area contributed by atoms with Gasteiger partial charge in [-0.3, -0.25) is 4.79 Å². The van der Waals surface area contributed by atoms with Gasteiger partial charge in [-0.1, -0.05) is 38.1 Å². The Morgan fingerprint density at radius 2 is 2.00 bits per heavy atom. The summed E-state index contributed by atoms with van der Waals surface area (Å²) in [5.41, 5.74) is 0.685. The van der Waals surface area contributed by atoms with Crippen LogP contribution in [0.15, 0.2) is 28.8 Å². The summed E-state index contributed by atoms with van der Waals surface area (Å²) >= 11 is 0. The van der Waals surface area contributed by atoms with Crippen molar-refractivity contribution in [1.82, 2.24) is 15.5 Å². The molecule has 0 aliphatic heterocycles. The fourth-order valence-electron chi connectivity index (χ4n) is 2.80. The van der Waals surface area contributed by atoms with Crippen molar-refractivity contribution in [3.8, 4) is 0 Å². The fraction of sp³-hybridized carbons (Fsp3) is 0.526. The minimum Gasteiger partial charge on any atom is -0.355 e. The maximum atomic E-state index is 13.1. The highest BCUT2D eigenvalue weighted by Gasteiger charge is 2.37. The van der Waals surface area contributed by atoms with Crippen molar-refractivity contribution in [3.05, 3.63) is 47.4 Å². The summed E-state index contributed by atoms with van der Waals surface area (Å²) in [6, 6.07) is 6.22. The molecular weight excluding hydrogens is 321 g/mol. The van der Waals surface area contributed by atoms with Gasteiger partial charge in [0.05, 0.1) is 5.92 Å². The van der Waals surface area contributed by atoms with E-state index in [4.69, 9.17) is 4.52 Å². The van der Waals surface area contributed by atoms with Crippen molar-refractivity contribution >= 4 is 5.91 Å². The molecular formula is C19H24FN3O2. The molecule has 5 nitrogen and oxygen atoms in total. The van der Waals surface area contributed by atoms with Crippen LogP contribution in [-0.4, -0.2) is 22.6 Å². The SMILES string of the molecule is CC(C)(C)c1nc(CCNC(=O)C(c2ccc(F)cc2)C2CC2)no1. The smallest absolute Gasteiger partial charge is 0.232 e. The summed E-state index contributed by atoms with van der Waals surface area (Å²) in [7, 11) is 0. The van der Waals surface area contributed by atoms with E-state index in [0.717, 1.165) is 18.4 Å².